The molecule has 0 aliphatic rings. The highest BCUT2D eigenvalue weighted by Gasteiger charge is 2.10. The van der Waals surface area contributed by atoms with Gasteiger partial charge in [0.25, 0.3) is 0 Å². The van der Waals surface area contributed by atoms with Crippen LogP contribution in [0.1, 0.15) is 5.56 Å². The number of rotatable bonds is 4. The van der Waals surface area contributed by atoms with Crippen LogP contribution in [0.2, 0.25) is 5.15 Å². The number of hydrogen-bond acceptors (Lipinski definition) is 6. The van der Waals surface area contributed by atoms with Crippen LogP contribution in [0.3, 0.4) is 0 Å². The van der Waals surface area contributed by atoms with Gasteiger partial charge in [-0.25, -0.2) is 15.0 Å². The SMILES string of the molecule is COc1ccc2cc(CSc3ncnc4ccsc34)c(Cl)nc2c1. The van der Waals surface area contributed by atoms with E-state index in [9.17, 15) is 0 Å². The van der Waals surface area contributed by atoms with Gasteiger partial charge in [0.05, 0.1) is 22.8 Å². The first-order valence-electron chi connectivity index (χ1n) is 7.19. The molecule has 0 spiro atoms. The quantitative estimate of drug-likeness (QED) is 0.280. The number of halogens is 1. The van der Waals surface area contributed by atoms with Crippen molar-refractivity contribution < 1.29 is 4.74 Å². The molecule has 0 saturated carbocycles. The van der Waals surface area contributed by atoms with Crippen molar-refractivity contribution in [2.45, 2.75) is 10.8 Å². The van der Waals surface area contributed by atoms with Gasteiger partial charge in [0.15, 0.2) is 0 Å². The number of pyridine rings is 1. The molecule has 0 atom stereocenters. The predicted octanol–water partition coefficient (Wildman–Crippen LogP) is 5.19. The Bertz CT molecular complexity index is 1030. The van der Waals surface area contributed by atoms with Gasteiger partial charge < -0.3 is 4.74 Å². The number of thioether (sulfide) groups is 1. The number of ether oxygens (including phenoxy) is 1. The van der Waals surface area contributed by atoms with Gasteiger partial charge in [-0.2, -0.15) is 0 Å². The summed E-state index contributed by atoms with van der Waals surface area (Å²) in [6, 6.07) is 9.88. The van der Waals surface area contributed by atoms with E-state index in [0.717, 1.165) is 37.5 Å². The van der Waals surface area contributed by atoms with Crippen LogP contribution in [0.4, 0.5) is 0 Å². The normalized spacial score (nSPS) is 11.2. The maximum absolute atomic E-state index is 6.37. The summed E-state index contributed by atoms with van der Waals surface area (Å²) in [6.45, 7) is 0. The Balaban J connectivity index is 1.64. The molecule has 0 bridgehead atoms. The molecule has 7 heteroatoms. The second-order valence-electron chi connectivity index (χ2n) is 5.10. The second-order valence-corrected chi connectivity index (χ2v) is 7.34. The molecule has 120 valence electrons. The fraction of sp³-hybridized carbons (Fsp3) is 0.118. The van der Waals surface area contributed by atoms with E-state index in [2.05, 4.69) is 21.0 Å². The Hall–Kier alpha value is -1.89. The highest BCUT2D eigenvalue weighted by Crippen LogP contribution is 2.33. The fourth-order valence-corrected chi connectivity index (χ4v) is 4.62. The minimum atomic E-state index is 0.514. The molecule has 4 aromatic rings. The molecular weight excluding hydrogens is 362 g/mol. The summed E-state index contributed by atoms with van der Waals surface area (Å²) in [5.41, 5.74) is 2.80. The van der Waals surface area contributed by atoms with Crippen LogP contribution in [0.15, 0.2) is 47.1 Å². The minimum absolute atomic E-state index is 0.514. The third-order valence-electron chi connectivity index (χ3n) is 3.63. The Labute approximate surface area is 151 Å². The van der Waals surface area contributed by atoms with Crippen molar-refractivity contribution in [3.63, 3.8) is 0 Å². The molecular formula is C17H12ClN3OS2. The van der Waals surface area contributed by atoms with Crippen LogP contribution in [-0.2, 0) is 5.75 Å². The molecule has 0 unspecified atom stereocenters. The molecule has 0 aliphatic heterocycles. The first kappa shape index (κ1) is 15.6. The molecule has 24 heavy (non-hydrogen) atoms. The number of hydrogen-bond donors (Lipinski definition) is 0. The van der Waals surface area contributed by atoms with E-state index in [0.29, 0.717) is 10.9 Å². The zero-order chi connectivity index (χ0) is 16.5. The maximum atomic E-state index is 6.37. The molecule has 3 aromatic heterocycles. The van der Waals surface area contributed by atoms with E-state index in [1.165, 1.54) is 0 Å². The van der Waals surface area contributed by atoms with Gasteiger partial charge in [-0.1, -0.05) is 23.4 Å². The smallest absolute Gasteiger partial charge is 0.133 e. The van der Waals surface area contributed by atoms with E-state index < -0.39 is 0 Å². The highest BCUT2D eigenvalue weighted by molar-refractivity contribution is 7.98. The van der Waals surface area contributed by atoms with Gasteiger partial charge >= 0.3 is 0 Å². The first-order chi connectivity index (χ1) is 11.7. The van der Waals surface area contributed by atoms with E-state index in [1.54, 1.807) is 36.5 Å². The summed E-state index contributed by atoms with van der Waals surface area (Å²) in [7, 11) is 1.64. The molecule has 0 aliphatic carbocycles. The lowest BCUT2D eigenvalue weighted by Crippen LogP contribution is -1.91. The van der Waals surface area contributed by atoms with E-state index in [-0.39, 0.29) is 0 Å². The maximum Gasteiger partial charge on any atom is 0.133 e. The standard InChI is InChI=1S/C17H12ClN3OS2/c1-22-12-3-2-10-6-11(16(18)21-14(10)7-12)8-24-17-15-13(4-5-23-15)19-9-20-17/h2-7,9H,8H2,1H3. The Kier molecular flexibility index (Phi) is 4.26. The third-order valence-corrected chi connectivity index (χ3v) is 6.03. The zero-order valence-electron chi connectivity index (χ0n) is 12.7. The number of thiophene rings is 1. The van der Waals surface area contributed by atoms with E-state index in [4.69, 9.17) is 16.3 Å². The number of nitrogens with zero attached hydrogens (tertiary/aromatic N) is 3. The third kappa shape index (κ3) is 2.92. The topological polar surface area (TPSA) is 47.9 Å². The van der Waals surface area contributed by atoms with Crippen molar-refractivity contribution in [2.75, 3.05) is 7.11 Å². The van der Waals surface area contributed by atoms with Crippen molar-refractivity contribution in [2.24, 2.45) is 0 Å². The number of benzene rings is 1. The lowest BCUT2D eigenvalue weighted by molar-refractivity contribution is 0.415. The number of fused-ring (bicyclic) bond motifs is 2. The predicted molar refractivity (Wildman–Crippen MR) is 100 cm³/mol. The summed E-state index contributed by atoms with van der Waals surface area (Å²) in [4.78, 5) is 13.1. The largest absolute Gasteiger partial charge is 0.497 e. The Morgan fingerprint density at radius 1 is 1.17 bits per heavy atom. The van der Waals surface area contributed by atoms with Crippen molar-refractivity contribution in [1.29, 1.82) is 0 Å². The summed E-state index contributed by atoms with van der Waals surface area (Å²) < 4.78 is 6.34. The van der Waals surface area contributed by atoms with Gasteiger partial charge in [0, 0.05) is 22.8 Å². The lowest BCUT2D eigenvalue weighted by Gasteiger charge is -2.07. The van der Waals surface area contributed by atoms with Gasteiger partial charge in [0.1, 0.15) is 22.3 Å². The monoisotopic (exact) mass is 373 g/mol. The first-order valence-corrected chi connectivity index (χ1v) is 9.43. The van der Waals surface area contributed by atoms with Crippen LogP contribution in [0.25, 0.3) is 21.1 Å². The second kappa shape index (κ2) is 6.55. The zero-order valence-corrected chi connectivity index (χ0v) is 15.1. The van der Waals surface area contributed by atoms with Crippen molar-refractivity contribution in [1.82, 2.24) is 15.0 Å². The van der Waals surface area contributed by atoms with Crippen molar-refractivity contribution >= 4 is 55.8 Å². The summed E-state index contributed by atoms with van der Waals surface area (Å²) >= 11 is 9.67. The van der Waals surface area contributed by atoms with Crippen LogP contribution >= 0.6 is 34.7 Å². The van der Waals surface area contributed by atoms with E-state index >= 15 is 0 Å². The summed E-state index contributed by atoms with van der Waals surface area (Å²) in [6.07, 6.45) is 1.60. The van der Waals surface area contributed by atoms with Crippen LogP contribution < -0.4 is 4.74 Å². The van der Waals surface area contributed by atoms with Gasteiger partial charge in [-0.3, -0.25) is 0 Å². The number of aromatic nitrogens is 3. The lowest BCUT2D eigenvalue weighted by atomic mass is 10.1. The average Bonchev–Trinajstić information content (AvgIpc) is 3.08. The van der Waals surface area contributed by atoms with Crippen LogP contribution in [0, 0.1) is 0 Å². The molecule has 1 aromatic carbocycles. The molecule has 0 radical (unpaired) electrons. The van der Waals surface area contributed by atoms with Crippen LogP contribution in [-0.4, -0.2) is 22.1 Å². The van der Waals surface area contributed by atoms with Crippen molar-refractivity contribution in [3.05, 3.63) is 52.8 Å². The molecule has 0 amide bonds. The number of methoxy groups -OCH3 is 1. The minimum Gasteiger partial charge on any atom is -0.497 e. The molecule has 4 rings (SSSR count). The summed E-state index contributed by atoms with van der Waals surface area (Å²) in [5, 5.41) is 4.56. The molecule has 0 saturated heterocycles. The van der Waals surface area contributed by atoms with E-state index in [1.807, 2.05) is 29.6 Å². The molecule has 4 nitrogen and oxygen atoms in total. The van der Waals surface area contributed by atoms with Gasteiger partial charge in [-0.05, 0) is 29.6 Å². The molecule has 3 heterocycles. The Morgan fingerprint density at radius 2 is 2.08 bits per heavy atom. The Morgan fingerprint density at radius 3 is 2.96 bits per heavy atom. The summed E-state index contributed by atoms with van der Waals surface area (Å²) in [5.74, 6) is 1.48. The highest BCUT2D eigenvalue weighted by atomic mass is 35.5. The van der Waals surface area contributed by atoms with Crippen molar-refractivity contribution in [3.8, 4) is 5.75 Å². The molecule has 0 fully saturated rings. The van der Waals surface area contributed by atoms with Gasteiger partial charge in [-0.15, -0.1) is 11.3 Å². The fourth-order valence-electron chi connectivity index (χ4n) is 2.41. The average molecular weight is 374 g/mol. The van der Waals surface area contributed by atoms with Crippen LogP contribution in [0.5, 0.6) is 5.75 Å². The molecule has 0 N–H and O–H groups in total. The van der Waals surface area contributed by atoms with Gasteiger partial charge in [0.2, 0.25) is 0 Å².